The molecule has 0 heterocycles. The summed E-state index contributed by atoms with van der Waals surface area (Å²) < 4.78 is 0. The quantitative estimate of drug-likeness (QED) is 0.246. The highest BCUT2D eigenvalue weighted by Crippen LogP contribution is 2.30. The van der Waals surface area contributed by atoms with Crippen molar-refractivity contribution < 1.29 is 34.5 Å². The van der Waals surface area contributed by atoms with Crippen molar-refractivity contribution in [1.29, 1.82) is 0 Å². The summed E-state index contributed by atoms with van der Waals surface area (Å²) in [4.78, 5) is 48.8. The van der Waals surface area contributed by atoms with Crippen molar-refractivity contribution in [3.05, 3.63) is 65.7 Å². The number of aliphatic hydroxyl groups is 3. The number of carbonyl (C=O) groups excluding carboxylic acids is 4. The largest absolute Gasteiger partial charge is 0.390 e. The fourth-order valence-electron chi connectivity index (χ4n) is 4.11. The van der Waals surface area contributed by atoms with Crippen LogP contribution in [-0.4, -0.2) is 68.8 Å². The van der Waals surface area contributed by atoms with E-state index in [1.54, 1.807) is 30.3 Å². The molecule has 1 fully saturated rings. The van der Waals surface area contributed by atoms with E-state index < -0.39 is 60.6 Å². The first-order chi connectivity index (χ1) is 17.0. The molecule has 2 aromatic carbocycles. The lowest BCUT2D eigenvalue weighted by atomic mass is 9.77. The minimum Gasteiger partial charge on any atom is -0.390 e. The molecule has 1 saturated carbocycles. The van der Waals surface area contributed by atoms with Crippen LogP contribution >= 0.6 is 0 Å². The van der Waals surface area contributed by atoms with Crippen LogP contribution in [0.25, 0.3) is 0 Å². The zero-order valence-electron chi connectivity index (χ0n) is 19.7. The van der Waals surface area contributed by atoms with E-state index in [2.05, 4.69) is 16.0 Å². The fourth-order valence-corrected chi connectivity index (χ4v) is 4.11. The molecule has 0 bridgehead atoms. The average Bonchev–Trinajstić information content (AvgIpc) is 2.82. The van der Waals surface area contributed by atoms with Crippen LogP contribution in [0, 0.1) is 0 Å². The highest BCUT2D eigenvalue weighted by molar-refractivity contribution is 5.95. The first-order valence-corrected chi connectivity index (χ1v) is 11.4. The lowest BCUT2D eigenvalue weighted by molar-refractivity contribution is -0.158. The smallest absolute Gasteiger partial charge is 0.319 e. The lowest BCUT2D eigenvalue weighted by Gasteiger charge is -2.41. The number of carbonyl (C=O) groups is 4. The number of ketones is 1. The summed E-state index contributed by atoms with van der Waals surface area (Å²) >= 11 is 0. The van der Waals surface area contributed by atoms with Crippen LogP contribution in [0.1, 0.15) is 35.7 Å². The van der Waals surface area contributed by atoms with Crippen LogP contribution < -0.4 is 21.7 Å². The molecule has 5 atom stereocenters. The Labute approximate surface area is 207 Å². The maximum Gasteiger partial charge on any atom is 0.319 e. The summed E-state index contributed by atoms with van der Waals surface area (Å²) in [5.74, 6) is -1.90. The highest BCUT2D eigenvalue weighted by atomic mass is 16.3. The minimum atomic E-state index is -2.19. The molecule has 8 N–H and O–H groups in total. The van der Waals surface area contributed by atoms with Crippen LogP contribution in [0.5, 0.6) is 0 Å². The Hall–Kier alpha value is -3.80. The van der Waals surface area contributed by atoms with Crippen LogP contribution in [0.4, 0.5) is 10.5 Å². The third-order valence-electron chi connectivity index (χ3n) is 6.13. The van der Waals surface area contributed by atoms with Crippen LogP contribution in [0.3, 0.4) is 0 Å². The van der Waals surface area contributed by atoms with Gasteiger partial charge in [-0.25, -0.2) is 4.79 Å². The van der Waals surface area contributed by atoms with Crippen molar-refractivity contribution in [3.8, 4) is 0 Å². The molecular formula is C25H30N4O7. The molecule has 1 aliphatic rings. The predicted molar refractivity (Wildman–Crippen MR) is 130 cm³/mol. The molecule has 3 rings (SSSR count). The van der Waals surface area contributed by atoms with E-state index in [4.69, 9.17) is 5.73 Å². The van der Waals surface area contributed by atoms with Gasteiger partial charge in [0.15, 0.2) is 5.78 Å². The first kappa shape index (κ1) is 26.8. The van der Waals surface area contributed by atoms with Gasteiger partial charge in [0, 0.05) is 30.5 Å². The molecule has 0 radical (unpaired) electrons. The van der Waals surface area contributed by atoms with Crippen molar-refractivity contribution in [1.82, 2.24) is 10.6 Å². The van der Waals surface area contributed by atoms with Gasteiger partial charge in [-0.15, -0.1) is 0 Å². The summed E-state index contributed by atoms with van der Waals surface area (Å²) in [6.45, 7) is 1.41. The molecule has 1 aliphatic carbocycles. The average molecular weight is 499 g/mol. The number of amides is 4. The second-order valence-electron chi connectivity index (χ2n) is 8.95. The van der Waals surface area contributed by atoms with Gasteiger partial charge in [-0.3, -0.25) is 14.4 Å². The minimum absolute atomic E-state index is 0.0929. The molecule has 0 aromatic heterocycles. The fraction of sp³-hybridized carbons (Fsp3) is 0.360. The summed E-state index contributed by atoms with van der Waals surface area (Å²) in [5, 5.41) is 39.1. The van der Waals surface area contributed by atoms with E-state index in [0.717, 1.165) is 5.56 Å². The predicted octanol–water partition coefficient (Wildman–Crippen LogP) is -0.161. The summed E-state index contributed by atoms with van der Waals surface area (Å²) in [6, 6.07) is 11.9. The van der Waals surface area contributed by atoms with Crippen molar-refractivity contribution in [2.24, 2.45) is 5.73 Å². The van der Waals surface area contributed by atoms with Crippen molar-refractivity contribution in [2.75, 3.05) is 5.32 Å². The molecular weight excluding hydrogens is 468 g/mol. The number of benzene rings is 2. The van der Waals surface area contributed by atoms with E-state index in [9.17, 15) is 34.5 Å². The molecule has 0 spiro atoms. The molecule has 0 saturated heterocycles. The van der Waals surface area contributed by atoms with Crippen LogP contribution in [-0.2, 0) is 16.0 Å². The van der Waals surface area contributed by atoms with Crippen molar-refractivity contribution >= 4 is 29.3 Å². The third-order valence-corrected chi connectivity index (χ3v) is 6.13. The molecule has 0 unspecified atom stereocenters. The van der Waals surface area contributed by atoms with Gasteiger partial charge in [-0.1, -0.05) is 30.3 Å². The van der Waals surface area contributed by atoms with E-state index in [1.165, 1.54) is 31.2 Å². The van der Waals surface area contributed by atoms with E-state index >= 15 is 0 Å². The van der Waals surface area contributed by atoms with Crippen molar-refractivity contribution in [3.63, 3.8) is 0 Å². The Kier molecular flexibility index (Phi) is 8.41. The van der Waals surface area contributed by atoms with Gasteiger partial charge in [0.25, 0.3) is 5.91 Å². The number of primary amides is 1. The standard InChI is InChI=1S/C25H30N4O7/c1-14(30)16-7-9-17(10-8-16)27-24(35)29-19-12-25(36,13-20(31)21(19)32)23(34)28-18(22(26)33)11-15-5-3-2-4-6-15/h2-10,18-21,31-32,36H,11-13H2,1H3,(H2,26,33)(H,28,34)(H2,27,29,35)/t18-,19-,20-,21-,25+/m1/s1. The number of hydrogen-bond acceptors (Lipinski definition) is 7. The lowest BCUT2D eigenvalue weighted by Crippen LogP contribution is -2.64. The number of aliphatic hydroxyl groups excluding tert-OH is 2. The Bertz CT molecular complexity index is 1110. The molecule has 0 aliphatic heterocycles. The van der Waals surface area contributed by atoms with E-state index in [0.29, 0.717) is 11.3 Å². The zero-order valence-corrected chi connectivity index (χ0v) is 19.7. The number of urea groups is 1. The number of nitrogens with two attached hydrogens (primary N) is 1. The SMILES string of the molecule is CC(=O)c1ccc(NC(=O)N[C@@H]2C[C@@](O)(C(=O)N[C@H](Cc3ccccc3)C(N)=O)C[C@@H](O)[C@@H]2O)cc1. The number of anilines is 1. The van der Waals surface area contributed by atoms with Gasteiger partial charge >= 0.3 is 6.03 Å². The number of Topliss-reactive ketones (excluding diaryl/α,β-unsaturated/α-hetero) is 1. The van der Waals surface area contributed by atoms with Crippen molar-refractivity contribution in [2.45, 2.75) is 56.1 Å². The normalized spacial score (nSPS) is 24.3. The summed E-state index contributed by atoms with van der Waals surface area (Å²) in [5.41, 5.74) is 4.81. The highest BCUT2D eigenvalue weighted by Gasteiger charge is 2.49. The van der Waals surface area contributed by atoms with E-state index in [1.807, 2.05) is 0 Å². The number of nitrogens with one attached hydrogen (secondary N) is 3. The second-order valence-corrected chi connectivity index (χ2v) is 8.95. The molecule has 11 heteroatoms. The summed E-state index contributed by atoms with van der Waals surface area (Å²) in [6.07, 6.45) is -3.83. The maximum atomic E-state index is 13.0. The molecule has 36 heavy (non-hydrogen) atoms. The Morgan fingerprint density at radius 2 is 1.67 bits per heavy atom. The maximum absolute atomic E-state index is 13.0. The Balaban J connectivity index is 1.67. The molecule has 192 valence electrons. The number of hydrogen-bond donors (Lipinski definition) is 7. The van der Waals surface area contributed by atoms with Gasteiger partial charge in [0.1, 0.15) is 17.7 Å². The second kappa shape index (κ2) is 11.3. The van der Waals surface area contributed by atoms with Crippen LogP contribution in [0.2, 0.25) is 0 Å². The van der Waals surface area contributed by atoms with Gasteiger partial charge in [-0.05, 0) is 36.8 Å². The number of rotatable bonds is 8. The third kappa shape index (κ3) is 6.66. The van der Waals surface area contributed by atoms with Gasteiger partial charge in [0.2, 0.25) is 5.91 Å². The van der Waals surface area contributed by atoms with Gasteiger partial charge < -0.3 is 37.0 Å². The molecule has 2 aromatic rings. The summed E-state index contributed by atoms with van der Waals surface area (Å²) in [7, 11) is 0. The molecule has 4 amide bonds. The topological polar surface area (TPSA) is 191 Å². The Morgan fingerprint density at radius 1 is 1.03 bits per heavy atom. The molecule has 11 nitrogen and oxygen atoms in total. The van der Waals surface area contributed by atoms with Gasteiger partial charge in [-0.2, -0.15) is 0 Å². The van der Waals surface area contributed by atoms with Gasteiger partial charge in [0.05, 0.1) is 12.1 Å². The van der Waals surface area contributed by atoms with Crippen LogP contribution in [0.15, 0.2) is 54.6 Å². The monoisotopic (exact) mass is 498 g/mol. The first-order valence-electron chi connectivity index (χ1n) is 11.4. The Morgan fingerprint density at radius 3 is 2.25 bits per heavy atom. The van der Waals surface area contributed by atoms with E-state index in [-0.39, 0.29) is 12.2 Å². The zero-order chi connectivity index (χ0) is 26.5.